The van der Waals surface area contributed by atoms with Gasteiger partial charge in [-0.25, -0.2) is 0 Å². The minimum atomic E-state index is 0.504. The highest BCUT2D eigenvalue weighted by molar-refractivity contribution is 7.80. The number of fused-ring (bicyclic) bond motifs is 1. The van der Waals surface area contributed by atoms with Crippen LogP contribution < -0.4 is 25.2 Å². The molecule has 0 aliphatic carbocycles. The molecule has 0 amide bonds. The van der Waals surface area contributed by atoms with E-state index in [1.54, 1.807) is 7.11 Å². The van der Waals surface area contributed by atoms with Gasteiger partial charge in [-0.3, -0.25) is 0 Å². The lowest BCUT2D eigenvalue weighted by Gasteiger charge is -2.30. The summed E-state index contributed by atoms with van der Waals surface area (Å²) in [5.41, 5.74) is 3.90. The third kappa shape index (κ3) is 5.22. The van der Waals surface area contributed by atoms with Gasteiger partial charge < -0.3 is 25.2 Å². The first-order valence-corrected chi connectivity index (χ1v) is 12.2. The van der Waals surface area contributed by atoms with E-state index >= 15 is 0 Å². The molecular weight excluding hydrogens is 444 g/mol. The number of ether oxygens (including phenoxy) is 1. The summed E-state index contributed by atoms with van der Waals surface area (Å²) in [4.78, 5) is 14.3. The molecule has 3 aromatic rings. The lowest BCUT2D eigenvalue weighted by Crippen LogP contribution is -2.33. The highest BCUT2D eigenvalue weighted by Gasteiger charge is 2.21. The molecule has 1 saturated heterocycles. The van der Waals surface area contributed by atoms with Crippen LogP contribution in [0.1, 0.15) is 29.5 Å². The van der Waals surface area contributed by atoms with Crippen LogP contribution in [0.4, 0.5) is 17.6 Å². The van der Waals surface area contributed by atoms with Gasteiger partial charge in [0.15, 0.2) is 5.11 Å². The van der Waals surface area contributed by atoms with E-state index in [9.17, 15) is 0 Å². The SMILES string of the molecule is COc1ccc(CNC(=S)Nc2nc(N3CCCC3)cc(N3CCc4ccccc4C3)n2)cc1. The van der Waals surface area contributed by atoms with Gasteiger partial charge in [-0.2, -0.15) is 9.97 Å². The summed E-state index contributed by atoms with van der Waals surface area (Å²) in [5, 5.41) is 6.98. The average molecular weight is 475 g/mol. The van der Waals surface area contributed by atoms with Crippen LogP contribution in [0.2, 0.25) is 0 Å². The number of nitrogens with one attached hydrogen (secondary N) is 2. The molecule has 3 heterocycles. The standard InChI is InChI=1S/C26H30N6OS/c1-33-22-10-8-19(9-11-22)17-27-26(34)30-25-28-23(31-13-4-5-14-31)16-24(29-25)32-15-12-20-6-2-3-7-21(20)18-32/h2-3,6-11,16H,4-5,12-15,17-18H2,1H3,(H2,27,28,29,30,34). The second-order valence-corrected chi connectivity index (χ2v) is 9.11. The summed E-state index contributed by atoms with van der Waals surface area (Å²) in [5.74, 6) is 3.27. The fourth-order valence-electron chi connectivity index (χ4n) is 4.51. The molecule has 2 aliphatic rings. The summed E-state index contributed by atoms with van der Waals surface area (Å²) >= 11 is 5.56. The van der Waals surface area contributed by atoms with Gasteiger partial charge >= 0.3 is 0 Å². The quantitative estimate of drug-likeness (QED) is 0.517. The Labute approximate surface area is 206 Å². The molecule has 0 saturated carbocycles. The number of methoxy groups -OCH3 is 1. The second kappa shape index (κ2) is 10.3. The fraction of sp³-hybridized carbons (Fsp3) is 0.346. The molecule has 2 aliphatic heterocycles. The number of benzene rings is 2. The Morgan fingerprint density at radius 3 is 2.38 bits per heavy atom. The first-order chi connectivity index (χ1) is 16.7. The van der Waals surface area contributed by atoms with Crippen LogP contribution in [0, 0.1) is 0 Å². The average Bonchev–Trinajstić information content (AvgIpc) is 3.42. The Morgan fingerprint density at radius 2 is 1.65 bits per heavy atom. The van der Waals surface area contributed by atoms with Crippen molar-refractivity contribution in [2.24, 2.45) is 0 Å². The molecule has 1 aromatic heterocycles. The maximum atomic E-state index is 5.56. The molecule has 7 nitrogen and oxygen atoms in total. The van der Waals surface area contributed by atoms with Crippen molar-refractivity contribution in [3.05, 3.63) is 71.3 Å². The maximum absolute atomic E-state index is 5.56. The molecular formula is C26H30N6OS. The van der Waals surface area contributed by atoms with Gasteiger partial charge in [0.2, 0.25) is 5.95 Å². The second-order valence-electron chi connectivity index (χ2n) is 8.70. The van der Waals surface area contributed by atoms with Gasteiger partial charge in [0.25, 0.3) is 0 Å². The van der Waals surface area contributed by atoms with Crippen LogP contribution in [0.5, 0.6) is 5.75 Å². The molecule has 176 valence electrons. The molecule has 0 unspecified atom stereocenters. The molecule has 0 spiro atoms. The summed E-state index contributed by atoms with van der Waals surface area (Å²) in [7, 11) is 1.67. The molecule has 0 atom stereocenters. The zero-order valence-corrected chi connectivity index (χ0v) is 20.3. The summed E-state index contributed by atoms with van der Waals surface area (Å²) < 4.78 is 5.22. The molecule has 0 radical (unpaired) electrons. The highest BCUT2D eigenvalue weighted by atomic mass is 32.1. The lowest BCUT2D eigenvalue weighted by atomic mass is 10.00. The van der Waals surface area contributed by atoms with Crippen molar-refractivity contribution in [2.75, 3.05) is 41.9 Å². The Morgan fingerprint density at radius 1 is 0.941 bits per heavy atom. The largest absolute Gasteiger partial charge is 0.497 e. The fourth-order valence-corrected chi connectivity index (χ4v) is 4.67. The van der Waals surface area contributed by atoms with E-state index in [2.05, 4.69) is 50.8 Å². The van der Waals surface area contributed by atoms with Gasteiger partial charge in [0.1, 0.15) is 17.4 Å². The van der Waals surface area contributed by atoms with Crippen molar-refractivity contribution in [3.8, 4) is 5.75 Å². The van der Waals surface area contributed by atoms with Gasteiger partial charge in [0.05, 0.1) is 7.11 Å². The Bertz CT molecular complexity index is 1150. The van der Waals surface area contributed by atoms with E-state index in [4.69, 9.17) is 26.9 Å². The smallest absolute Gasteiger partial charge is 0.232 e. The molecule has 2 aromatic carbocycles. The zero-order chi connectivity index (χ0) is 23.3. The van der Waals surface area contributed by atoms with Gasteiger partial charge in [0, 0.05) is 38.8 Å². The number of anilines is 3. The summed E-state index contributed by atoms with van der Waals surface area (Å²) in [6.07, 6.45) is 3.41. The third-order valence-corrected chi connectivity index (χ3v) is 6.67. The van der Waals surface area contributed by atoms with E-state index < -0.39 is 0 Å². The van der Waals surface area contributed by atoms with Crippen molar-refractivity contribution in [1.82, 2.24) is 15.3 Å². The third-order valence-electron chi connectivity index (χ3n) is 6.42. The van der Waals surface area contributed by atoms with Crippen molar-refractivity contribution in [3.63, 3.8) is 0 Å². The van der Waals surface area contributed by atoms with Crippen molar-refractivity contribution >= 4 is 34.9 Å². The number of hydrogen-bond acceptors (Lipinski definition) is 6. The predicted octanol–water partition coefficient (Wildman–Crippen LogP) is 4.13. The number of aromatic nitrogens is 2. The van der Waals surface area contributed by atoms with Gasteiger partial charge in [-0.15, -0.1) is 0 Å². The molecule has 1 fully saturated rings. The van der Waals surface area contributed by atoms with Crippen LogP contribution in [-0.4, -0.2) is 41.8 Å². The maximum Gasteiger partial charge on any atom is 0.232 e. The van der Waals surface area contributed by atoms with Crippen LogP contribution in [0.25, 0.3) is 0 Å². The normalized spacial score (nSPS) is 15.1. The van der Waals surface area contributed by atoms with E-state index in [-0.39, 0.29) is 0 Å². The summed E-state index contributed by atoms with van der Waals surface area (Å²) in [6.45, 7) is 4.45. The molecule has 2 N–H and O–H groups in total. The van der Waals surface area contributed by atoms with Gasteiger partial charge in [-0.1, -0.05) is 36.4 Å². The number of rotatable bonds is 6. The van der Waals surface area contributed by atoms with Crippen LogP contribution >= 0.6 is 12.2 Å². The number of nitrogens with zero attached hydrogens (tertiary/aromatic N) is 4. The minimum Gasteiger partial charge on any atom is -0.497 e. The molecule has 0 bridgehead atoms. The zero-order valence-electron chi connectivity index (χ0n) is 19.5. The summed E-state index contributed by atoms with van der Waals surface area (Å²) in [6, 6.07) is 18.7. The monoisotopic (exact) mass is 474 g/mol. The van der Waals surface area contributed by atoms with Crippen LogP contribution in [-0.2, 0) is 19.5 Å². The van der Waals surface area contributed by atoms with Gasteiger partial charge in [-0.05, 0) is 60.3 Å². The van der Waals surface area contributed by atoms with Crippen molar-refractivity contribution < 1.29 is 4.74 Å². The first kappa shape index (κ1) is 22.4. The van der Waals surface area contributed by atoms with Crippen molar-refractivity contribution in [2.45, 2.75) is 32.4 Å². The predicted molar refractivity (Wildman–Crippen MR) is 141 cm³/mol. The molecule has 5 rings (SSSR count). The van der Waals surface area contributed by atoms with E-state index in [0.29, 0.717) is 17.6 Å². The van der Waals surface area contributed by atoms with Crippen LogP contribution in [0.15, 0.2) is 54.6 Å². The first-order valence-electron chi connectivity index (χ1n) is 11.8. The number of hydrogen-bond donors (Lipinski definition) is 2. The minimum absolute atomic E-state index is 0.504. The van der Waals surface area contributed by atoms with Crippen LogP contribution in [0.3, 0.4) is 0 Å². The Kier molecular flexibility index (Phi) is 6.76. The van der Waals surface area contributed by atoms with E-state index in [1.165, 1.54) is 24.0 Å². The molecule has 8 heteroatoms. The van der Waals surface area contributed by atoms with Crippen molar-refractivity contribution in [1.29, 1.82) is 0 Å². The Balaban J connectivity index is 1.31. The van der Waals surface area contributed by atoms with E-state index in [1.807, 2.05) is 24.3 Å². The lowest BCUT2D eigenvalue weighted by molar-refractivity contribution is 0.414. The topological polar surface area (TPSA) is 65.6 Å². The van der Waals surface area contributed by atoms with E-state index in [0.717, 1.165) is 55.5 Å². The number of thiocarbonyl (C=S) groups is 1. The molecule has 34 heavy (non-hydrogen) atoms. The highest BCUT2D eigenvalue weighted by Crippen LogP contribution is 2.28. The Hall–Kier alpha value is -3.39.